The second kappa shape index (κ2) is 5.33. The zero-order valence-electron chi connectivity index (χ0n) is 11.0. The van der Waals surface area contributed by atoms with Crippen molar-refractivity contribution in [3.63, 3.8) is 0 Å². The van der Waals surface area contributed by atoms with Crippen molar-refractivity contribution in [2.75, 3.05) is 0 Å². The summed E-state index contributed by atoms with van der Waals surface area (Å²) in [6, 6.07) is 0. The molecule has 1 aromatic rings. The number of esters is 1. The highest BCUT2D eigenvalue weighted by Gasteiger charge is 2.47. The van der Waals surface area contributed by atoms with Crippen molar-refractivity contribution >= 4 is 11.9 Å². The average Bonchev–Trinajstić information content (AvgIpc) is 2.74. The standard InChI is InChI=1S/C11H17N5O3/c1-8(2)19-10(18)11(4-3-5-11)14-9(17)6-16-13-7-12-15-16/h7-8H,3-6H2,1-2H3,(H,14,17). The third kappa shape index (κ3) is 3.07. The Balaban J connectivity index is 1.94. The van der Waals surface area contributed by atoms with Crippen LogP contribution in [0.15, 0.2) is 6.33 Å². The number of nitrogens with zero attached hydrogens (tertiary/aromatic N) is 4. The number of hydrogen-bond donors (Lipinski definition) is 1. The van der Waals surface area contributed by atoms with Crippen LogP contribution in [0.1, 0.15) is 33.1 Å². The van der Waals surface area contributed by atoms with Gasteiger partial charge in [-0.1, -0.05) is 0 Å². The van der Waals surface area contributed by atoms with Crippen LogP contribution in [0.4, 0.5) is 0 Å². The Kier molecular flexibility index (Phi) is 3.77. The maximum atomic E-state index is 12.0. The van der Waals surface area contributed by atoms with Crippen LogP contribution < -0.4 is 5.32 Å². The van der Waals surface area contributed by atoms with Gasteiger partial charge in [-0.05, 0) is 38.3 Å². The summed E-state index contributed by atoms with van der Waals surface area (Å²) in [6.07, 6.45) is 3.16. The van der Waals surface area contributed by atoms with Crippen LogP contribution in [0, 0.1) is 0 Å². The summed E-state index contributed by atoms with van der Waals surface area (Å²) in [6.45, 7) is 3.51. The monoisotopic (exact) mass is 267 g/mol. The number of aromatic nitrogens is 4. The Morgan fingerprint density at radius 1 is 1.47 bits per heavy atom. The van der Waals surface area contributed by atoms with Gasteiger partial charge in [0.05, 0.1) is 6.10 Å². The fraction of sp³-hybridized carbons (Fsp3) is 0.727. The first kappa shape index (κ1) is 13.4. The molecule has 0 aromatic carbocycles. The molecule has 0 atom stereocenters. The first-order valence-corrected chi connectivity index (χ1v) is 6.25. The van der Waals surface area contributed by atoms with Crippen LogP contribution in [0.5, 0.6) is 0 Å². The van der Waals surface area contributed by atoms with E-state index >= 15 is 0 Å². The molecule has 0 unspecified atom stereocenters. The van der Waals surface area contributed by atoms with Crippen LogP contribution in [-0.2, 0) is 20.9 Å². The molecule has 0 bridgehead atoms. The highest BCUT2D eigenvalue weighted by molar-refractivity contribution is 5.88. The minimum Gasteiger partial charge on any atom is -0.461 e. The number of nitrogens with one attached hydrogen (secondary N) is 1. The maximum absolute atomic E-state index is 12.0. The van der Waals surface area contributed by atoms with E-state index in [0.29, 0.717) is 12.8 Å². The Bertz CT molecular complexity index is 453. The molecule has 1 heterocycles. The number of amides is 1. The Morgan fingerprint density at radius 3 is 2.68 bits per heavy atom. The van der Waals surface area contributed by atoms with Crippen molar-refractivity contribution in [2.24, 2.45) is 0 Å². The predicted octanol–water partition coefficient (Wildman–Crippen LogP) is -0.336. The molecule has 0 radical (unpaired) electrons. The van der Waals surface area contributed by atoms with E-state index in [4.69, 9.17) is 4.74 Å². The molecule has 19 heavy (non-hydrogen) atoms. The van der Waals surface area contributed by atoms with Gasteiger partial charge in [0.25, 0.3) is 0 Å². The quantitative estimate of drug-likeness (QED) is 0.733. The second-order valence-corrected chi connectivity index (χ2v) is 4.90. The van der Waals surface area contributed by atoms with Crippen molar-refractivity contribution in [2.45, 2.75) is 51.3 Å². The summed E-state index contributed by atoms with van der Waals surface area (Å²) in [5.41, 5.74) is -0.873. The van der Waals surface area contributed by atoms with Crippen molar-refractivity contribution in [3.8, 4) is 0 Å². The minimum absolute atomic E-state index is 0.0588. The number of tetrazole rings is 1. The lowest BCUT2D eigenvalue weighted by Gasteiger charge is -2.40. The molecular formula is C11H17N5O3. The van der Waals surface area contributed by atoms with E-state index in [1.54, 1.807) is 13.8 Å². The molecule has 1 saturated carbocycles. The highest BCUT2D eigenvalue weighted by Crippen LogP contribution is 2.33. The van der Waals surface area contributed by atoms with Gasteiger partial charge in [0.2, 0.25) is 5.91 Å². The van der Waals surface area contributed by atoms with Gasteiger partial charge in [-0.15, -0.1) is 10.2 Å². The number of ether oxygens (including phenoxy) is 1. The smallest absolute Gasteiger partial charge is 0.332 e. The summed E-state index contributed by atoms with van der Waals surface area (Å²) in [5.74, 6) is -0.688. The molecule has 0 aliphatic heterocycles. The highest BCUT2D eigenvalue weighted by atomic mass is 16.5. The molecule has 2 rings (SSSR count). The number of hydrogen-bond acceptors (Lipinski definition) is 6. The molecule has 1 aromatic heterocycles. The van der Waals surface area contributed by atoms with E-state index in [0.717, 1.165) is 11.2 Å². The summed E-state index contributed by atoms with van der Waals surface area (Å²) in [7, 11) is 0. The van der Waals surface area contributed by atoms with Crippen LogP contribution in [-0.4, -0.2) is 43.7 Å². The van der Waals surface area contributed by atoms with E-state index in [9.17, 15) is 9.59 Å². The Morgan fingerprint density at radius 2 is 2.21 bits per heavy atom. The average molecular weight is 267 g/mol. The van der Waals surface area contributed by atoms with Gasteiger partial charge in [-0.3, -0.25) is 4.79 Å². The first-order valence-electron chi connectivity index (χ1n) is 6.25. The maximum Gasteiger partial charge on any atom is 0.332 e. The lowest BCUT2D eigenvalue weighted by Crippen LogP contribution is -2.60. The van der Waals surface area contributed by atoms with Crippen molar-refractivity contribution in [3.05, 3.63) is 6.33 Å². The zero-order valence-corrected chi connectivity index (χ0v) is 11.0. The number of carbonyl (C=O) groups excluding carboxylic acids is 2. The molecule has 8 heteroatoms. The topological polar surface area (TPSA) is 99.0 Å². The SMILES string of the molecule is CC(C)OC(=O)C1(NC(=O)Cn2ncnn2)CCC1. The van der Waals surface area contributed by atoms with E-state index in [1.807, 2.05) is 0 Å². The third-order valence-electron chi connectivity index (χ3n) is 3.00. The van der Waals surface area contributed by atoms with E-state index in [1.165, 1.54) is 6.33 Å². The van der Waals surface area contributed by atoms with E-state index in [2.05, 4.69) is 20.7 Å². The molecule has 1 fully saturated rings. The molecule has 1 aliphatic rings. The largest absolute Gasteiger partial charge is 0.461 e. The van der Waals surface area contributed by atoms with Gasteiger partial charge >= 0.3 is 5.97 Å². The number of rotatable bonds is 5. The molecule has 104 valence electrons. The van der Waals surface area contributed by atoms with Crippen LogP contribution in [0.3, 0.4) is 0 Å². The predicted molar refractivity (Wildman–Crippen MR) is 63.8 cm³/mol. The van der Waals surface area contributed by atoms with E-state index < -0.39 is 5.54 Å². The molecule has 0 spiro atoms. The molecular weight excluding hydrogens is 250 g/mol. The van der Waals surface area contributed by atoms with Crippen LogP contribution in [0.25, 0.3) is 0 Å². The van der Waals surface area contributed by atoms with Gasteiger partial charge in [0, 0.05) is 0 Å². The molecule has 1 amide bonds. The van der Waals surface area contributed by atoms with Gasteiger partial charge in [0.1, 0.15) is 12.1 Å². The third-order valence-corrected chi connectivity index (χ3v) is 3.00. The second-order valence-electron chi connectivity index (χ2n) is 4.90. The van der Waals surface area contributed by atoms with Crippen LogP contribution in [0.2, 0.25) is 0 Å². The number of carbonyl (C=O) groups is 2. The Labute approximate surface area is 110 Å². The molecule has 1 aliphatic carbocycles. The lowest BCUT2D eigenvalue weighted by atomic mass is 9.76. The molecule has 1 N–H and O–H groups in total. The zero-order chi connectivity index (χ0) is 13.9. The first-order chi connectivity index (χ1) is 9.02. The van der Waals surface area contributed by atoms with Crippen molar-refractivity contribution < 1.29 is 14.3 Å². The summed E-state index contributed by atoms with van der Waals surface area (Å²) in [5, 5.41) is 13.6. The van der Waals surface area contributed by atoms with Crippen molar-refractivity contribution in [1.82, 2.24) is 25.5 Å². The molecule has 8 nitrogen and oxygen atoms in total. The summed E-state index contributed by atoms with van der Waals surface area (Å²) < 4.78 is 5.19. The fourth-order valence-electron chi connectivity index (χ4n) is 1.93. The van der Waals surface area contributed by atoms with Gasteiger partial charge < -0.3 is 10.1 Å². The Hall–Kier alpha value is -1.99. The fourth-order valence-corrected chi connectivity index (χ4v) is 1.93. The minimum atomic E-state index is -0.873. The summed E-state index contributed by atoms with van der Waals surface area (Å²) >= 11 is 0. The van der Waals surface area contributed by atoms with E-state index in [-0.39, 0.29) is 24.5 Å². The van der Waals surface area contributed by atoms with Gasteiger partial charge in [0.15, 0.2) is 6.33 Å². The molecule has 0 saturated heterocycles. The van der Waals surface area contributed by atoms with Crippen molar-refractivity contribution in [1.29, 1.82) is 0 Å². The lowest BCUT2D eigenvalue weighted by molar-refractivity contribution is -0.161. The van der Waals surface area contributed by atoms with Crippen LogP contribution >= 0.6 is 0 Å². The normalized spacial score (nSPS) is 16.8. The summed E-state index contributed by atoms with van der Waals surface area (Å²) in [4.78, 5) is 25.0. The van der Waals surface area contributed by atoms with Gasteiger partial charge in [-0.2, -0.15) is 4.80 Å². The van der Waals surface area contributed by atoms with Gasteiger partial charge in [-0.25, -0.2) is 4.79 Å².